The number of hydrogen-bond acceptors (Lipinski definition) is 3. The van der Waals surface area contributed by atoms with Gasteiger partial charge in [-0.1, -0.05) is 12.1 Å². The summed E-state index contributed by atoms with van der Waals surface area (Å²) in [6, 6.07) is 5.82. The van der Waals surface area contributed by atoms with E-state index in [2.05, 4.69) is 0 Å². The molecule has 0 radical (unpaired) electrons. The molecule has 0 spiro atoms. The molecule has 3 heteroatoms. The fraction of sp³-hybridized carbons (Fsp3) is 0.600. The summed E-state index contributed by atoms with van der Waals surface area (Å²) >= 11 is 0. The molecule has 1 aromatic rings. The van der Waals surface area contributed by atoms with Crippen LogP contribution < -0.4 is 4.74 Å². The third kappa shape index (κ3) is 5.07. The SMILES string of the molecule is Cc1ccc([C@H](C)O)c(OCCOC(C)(C)C)c1. The number of hydrogen-bond donors (Lipinski definition) is 1. The predicted molar refractivity (Wildman–Crippen MR) is 73.0 cm³/mol. The molecule has 1 atom stereocenters. The van der Waals surface area contributed by atoms with E-state index >= 15 is 0 Å². The Balaban J connectivity index is 2.58. The van der Waals surface area contributed by atoms with Crippen molar-refractivity contribution in [3.8, 4) is 5.75 Å². The van der Waals surface area contributed by atoms with E-state index < -0.39 is 6.10 Å². The van der Waals surface area contributed by atoms with Crippen LogP contribution in [-0.4, -0.2) is 23.9 Å². The second-order valence-corrected chi connectivity index (χ2v) is 5.53. The highest BCUT2D eigenvalue weighted by Crippen LogP contribution is 2.26. The standard InChI is InChI=1S/C15H24O3/c1-11-6-7-13(12(2)16)14(10-11)17-8-9-18-15(3,4)5/h6-7,10,12,16H,8-9H2,1-5H3/t12-/m0/s1. The van der Waals surface area contributed by atoms with Gasteiger partial charge in [-0.25, -0.2) is 0 Å². The molecule has 0 aliphatic heterocycles. The Bertz CT molecular complexity index is 378. The van der Waals surface area contributed by atoms with Crippen LogP contribution in [0.3, 0.4) is 0 Å². The van der Waals surface area contributed by atoms with Gasteiger partial charge in [-0.2, -0.15) is 0 Å². The first-order chi connectivity index (χ1) is 8.29. The predicted octanol–water partition coefficient (Wildman–Crippen LogP) is 3.24. The molecule has 0 bridgehead atoms. The van der Waals surface area contributed by atoms with E-state index in [1.54, 1.807) is 6.92 Å². The average molecular weight is 252 g/mol. The molecule has 18 heavy (non-hydrogen) atoms. The van der Waals surface area contributed by atoms with E-state index in [1.165, 1.54) is 0 Å². The van der Waals surface area contributed by atoms with Crippen LogP contribution in [0.2, 0.25) is 0 Å². The Hall–Kier alpha value is -1.06. The van der Waals surface area contributed by atoms with Gasteiger partial charge in [0.05, 0.1) is 18.3 Å². The highest BCUT2D eigenvalue weighted by Gasteiger charge is 2.11. The van der Waals surface area contributed by atoms with Crippen molar-refractivity contribution in [3.05, 3.63) is 29.3 Å². The Kier molecular flexibility index (Phi) is 5.17. The van der Waals surface area contributed by atoms with Crippen molar-refractivity contribution in [2.45, 2.75) is 46.3 Å². The first-order valence-electron chi connectivity index (χ1n) is 6.35. The molecule has 0 aliphatic rings. The Labute approximate surface area is 110 Å². The molecule has 1 aromatic carbocycles. The summed E-state index contributed by atoms with van der Waals surface area (Å²) in [5.41, 5.74) is 1.78. The zero-order valence-corrected chi connectivity index (χ0v) is 12.0. The number of benzene rings is 1. The van der Waals surface area contributed by atoms with Gasteiger partial charge in [-0.15, -0.1) is 0 Å². The van der Waals surface area contributed by atoms with Gasteiger partial charge in [-0.3, -0.25) is 0 Å². The molecular formula is C15H24O3. The third-order valence-corrected chi connectivity index (χ3v) is 2.50. The lowest BCUT2D eigenvalue weighted by Crippen LogP contribution is -2.22. The molecule has 1 rings (SSSR count). The Morgan fingerprint density at radius 3 is 2.44 bits per heavy atom. The van der Waals surface area contributed by atoms with E-state index in [0.717, 1.165) is 16.9 Å². The number of aryl methyl sites for hydroxylation is 1. The van der Waals surface area contributed by atoms with Crippen LogP contribution in [0.25, 0.3) is 0 Å². The van der Waals surface area contributed by atoms with Crippen LogP contribution in [0.1, 0.15) is 44.9 Å². The fourth-order valence-electron chi connectivity index (χ4n) is 1.61. The Morgan fingerprint density at radius 1 is 1.22 bits per heavy atom. The molecule has 0 aliphatic carbocycles. The maximum atomic E-state index is 9.67. The van der Waals surface area contributed by atoms with Crippen molar-refractivity contribution in [1.82, 2.24) is 0 Å². The molecule has 0 aromatic heterocycles. The molecule has 0 saturated heterocycles. The van der Waals surface area contributed by atoms with E-state index in [1.807, 2.05) is 45.9 Å². The molecule has 0 saturated carbocycles. The second kappa shape index (κ2) is 6.21. The van der Waals surface area contributed by atoms with Gasteiger partial charge in [0.2, 0.25) is 0 Å². The van der Waals surface area contributed by atoms with Crippen molar-refractivity contribution in [2.75, 3.05) is 13.2 Å². The van der Waals surface area contributed by atoms with Crippen molar-refractivity contribution < 1.29 is 14.6 Å². The largest absolute Gasteiger partial charge is 0.491 e. The third-order valence-electron chi connectivity index (χ3n) is 2.50. The number of ether oxygens (including phenoxy) is 2. The normalized spacial score (nSPS) is 13.4. The van der Waals surface area contributed by atoms with E-state index in [9.17, 15) is 5.11 Å². The molecule has 102 valence electrons. The molecule has 0 heterocycles. The summed E-state index contributed by atoms with van der Waals surface area (Å²) in [6.07, 6.45) is -0.524. The van der Waals surface area contributed by atoms with Gasteiger partial charge < -0.3 is 14.6 Å². The van der Waals surface area contributed by atoms with Gasteiger partial charge >= 0.3 is 0 Å². The first kappa shape index (κ1) is 15.0. The van der Waals surface area contributed by atoms with E-state index in [4.69, 9.17) is 9.47 Å². The van der Waals surface area contributed by atoms with Gasteiger partial charge in [0.15, 0.2) is 0 Å². The van der Waals surface area contributed by atoms with Crippen LogP contribution >= 0.6 is 0 Å². The zero-order chi connectivity index (χ0) is 13.8. The zero-order valence-electron chi connectivity index (χ0n) is 12.0. The summed E-state index contributed by atoms with van der Waals surface area (Å²) in [6.45, 7) is 10.8. The summed E-state index contributed by atoms with van der Waals surface area (Å²) in [5, 5.41) is 9.67. The molecule has 0 unspecified atom stereocenters. The number of aliphatic hydroxyl groups is 1. The maximum absolute atomic E-state index is 9.67. The second-order valence-electron chi connectivity index (χ2n) is 5.53. The van der Waals surface area contributed by atoms with E-state index in [-0.39, 0.29) is 5.60 Å². The number of rotatable bonds is 5. The average Bonchev–Trinajstić information content (AvgIpc) is 2.22. The van der Waals surface area contributed by atoms with E-state index in [0.29, 0.717) is 13.2 Å². The fourth-order valence-corrected chi connectivity index (χ4v) is 1.61. The summed E-state index contributed by atoms with van der Waals surface area (Å²) < 4.78 is 11.3. The van der Waals surface area contributed by atoms with Crippen molar-refractivity contribution in [3.63, 3.8) is 0 Å². The van der Waals surface area contributed by atoms with Gasteiger partial charge in [0.25, 0.3) is 0 Å². The van der Waals surface area contributed by atoms with Gasteiger partial charge in [-0.05, 0) is 46.2 Å². The lowest BCUT2D eigenvalue weighted by atomic mass is 10.1. The molecule has 1 N–H and O–H groups in total. The van der Waals surface area contributed by atoms with Crippen LogP contribution in [0, 0.1) is 6.92 Å². The van der Waals surface area contributed by atoms with Crippen LogP contribution in [-0.2, 0) is 4.74 Å². The lowest BCUT2D eigenvalue weighted by molar-refractivity contribution is -0.0166. The summed E-state index contributed by atoms with van der Waals surface area (Å²) in [5.74, 6) is 0.738. The molecule has 3 nitrogen and oxygen atoms in total. The molecule has 0 fully saturated rings. The van der Waals surface area contributed by atoms with Gasteiger partial charge in [0.1, 0.15) is 12.4 Å². The monoisotopic (exact) mass is 252 g/mol. The number of aliphatic hydroxyl groups excluding tert-OH is 1. The van der Waals surface area contributed by atoms with Crippen LogP contribution in [0.15, 0.2) is 18.2 Å². The minimum Gasteiger partial charge on any atom is -0.491 e. The van der Waals surface area contributed by atoms with Crippen LogP contribution in [0.4, 0.5) is 0 Å². The Morgan fingerprint density at radius 2 is 1.89 bits per heavy atom. The summed E-state index contributed by atoms with van der Waals surface area (Å²) in [4.78, 5) is 0. The minimum absolute atomic E-state index is 0.150. The highest BCUT2D eigenvalue weighted by molar-refractivity contribution is 5.38. The van der Waals surface area contributed by atoms with Crippen LogP contribution in [0.5, 0.6) is 5.75 Å². The minimum atomic E-state index is -0.524. The van der Waals surface area contributed by atoms with Crippen molar-refractivity contribution in [1.29, 1.82) is 0 Å². The highest BCUT2D eigenvalue weighted by atomic mass is 16.5. The quantitative estimate of drug-likeness (QED) is 0.818. The van der Waals surface area contributed by atoms with Crippen molar-refractivity contribution in [2.24, 2.45) is 0 Å². The first-order valence-corrected chi connectivity index (χ1v) is 6.35. The topological polar surface area (TPSA) is 38.7 Å². The van der Waals surface area contributed by atoms with Crippen molar-refractivity contribution >= 4 is 0 Å². The molecule has 0 amide bonds. The maximum Gasteiger partial charge on any atom is 0.125 e. The van der Waals surface area contributed by atoms with Gasteiger partial charge in [0, 0.05) is 5.56 Å². The molecular weight excluding hydrogens is 228 g/mol. The smallest absolute Gasteiger partial charge is 0.125 e. The summed E-state index contributed by atoms with van der Waals surface area (Å²) in [7, 11) is 0. The lowest BCUT2D eigenvalue weighted by Gasteiger charge is -2.20.